The number of carbonyl (C=O) groups is 1. The van der Waals surface area contributed by atoms with Crippen LogP contribution in [0.2, 0.25) is 5.02 Å². The minimum atomic E-state index is -0.841. The van der Waals surface area contributed by atoms with E-state index in [2.05, 4.69) is 4.74 Å². The van der Waals surface area contributed by atoms with Crippen LogP contribution in [0.25, 0.3) is 0 Å². The SMILES string of the molecule is COC(=O)C(Cl)Cc1cc(Cl)c([N+](=O)[O-])cc1C. The van der Waals surface area contributed by atoms with E-state index in [9.17, 15) is 14.9 Å². The molecule has 7 heteroatoms. The summed E-state index contributed by atoms with van der Waals surface area (Å²) >= 11 is 11.6. The van der Waals surface area contributed by atoms with E-state index in [0.717, 1.165) is 0 Å². The summed E-state index contributed by atoms with van der Waals surface area (Å²) in [4.78, 5) is 21.3. The highest BCUT2D eigenvalue weighted by atomic mass is 35.5. The molecule has 98 valence electrons. The second kappa shape index (κ2) is 6.02. The fourth-order valence-electron chi connectivity index (χ4n) is 1.47. The summed E-state index contributed by atoms with van der Waals surface area (Å²) in [5.74, 6) is -0.550. The Hall–Kier alpha value is -1.33. The highest BCUT2D eigenvalue weighted by molar-refractivity contribution is 6.33. The number of nitro groups is 1. The van der Waals surface area contributed by atoms with Gasteiger partial charge in [-0.3, -0.25) is 14.9 Å². The predicted molar refractivity (Wildman–Crippen MR) is 68.2 cm³/mol. The van der Waals surface area contributed by atoms with Crippen LogP contribution >= 0.6 is 23.2 Å². The van der Waals surface area contributed by atoms with Gasteiger partial charge in [0, 0.05) is 6.07 Å². The zero-order valence-corrected chi connectivity index (χ0v) is 11.3. The number of rotatable bonds is 4. The number of benzene rings is 1. The van der Waals surface area contributed by atoms with E-state index in [4.69, 9.17) is 23.2 Å². The van der Waals surface area contributed by atoms with Gasteiger partial charge in [0.15, 0.2) is 0 Å². The molecule has 0 aliphatic carbocycles. The first-order chi connectivity index (χ1) is 8.36. The predicted octanol–water partition coefficient (Wildman–Crippen LogP) is 2.88. The molecule has 0 aromatic heterocycles. The molecular formula is C11H11Cl2NO4. The lowest BCUT2D eigenvalue weighted by molar-refractivity contribution is -0.384. The number of nitro benzene ring substituents is 1. The molecule has 1 rings (SSSR count). The van der Waals surface area contributed by atoms with E-state index in [1.807, 2.05) is 0 Å². The van der Waals surface area contributed by atoms with Gasteiger partial charge in [0.2, 0.25) is 0 Å². The van der Waals surface area contributed by atoms with Gasteiger partial charge in [-0.1, -0.05) is 11.6 Å². The van der Waals surface area contributed by atoms with Gasteiger partial charge in [-0.25, -0.2) is 0 Å². The molecule has 0 spiro atoms. The summed E-state index contributed by atoms with van der Waals surface area (Å²) in [6.45, 7) is 1.69. The number of hydrogen-bond acceptors (Lipinski definition) is 4. The van der Waals surface area contributed by atoms with Crippen molar-refractivity contribution in [1.82, 2.24) is 0 Å². The van der Waals surface area contributed by atoms with Gasteiger partial charge in [-0.05, 0) is 30.5 Å². The first kappa shape index (κ1) is 14.7. The van der Waals surface area contributed by atoms with Crippen molar-refractivity contribution in [3.63, 3.8) is 0 Å². The van der Waals surface area contributed by atoms with E-state index in [-0.39, 0.29) is 17.1 Å². The van der Waals surface area contributed by atoms with E-state index in [0.29, 0.717) is 11.1 Å². The number of aryl methyl sites for hydroxylation is 1. The minimum absolute atomic E-state index is 0.0225. The number of nitrogens with zero attached hydrogens (tertiary/aromatic N) is 1. The molecule has 5 nitrogen and oxygen atoms in total. The number of carbonyl (C=O) groups excluding carboxylic acids is 1. The molecule has 0 heterocycles. The maximum atomic E-state index is 11.2. The monoisotopic (exact) mass is 291 g/mol. The molecule has 0 aliphatic rings. The average molecular weight is 292 g/mol. The summed E-state index contributed by atoms with van der Waals surface area (Å²) in [5.41, 5.74) is 1.17. The van der Waals surface area contributed by atoms with Crippen LogP contribution < -0.4 is 0 Å². The van der Waals surface area contributed by atoms with Crippen LogP contribution in [0.4, 0.5) is 5.69 Å². The van der Waals surface area contributed by atoms with Crippen molar-refractivity contribution in [3.8, 4) is 0 Å². The van der Waals surface area contributed by atoms with Crippen LogP contribution in [0.1, 0.15) is 11.1 Å². The maximum Gasteiger partial charge on any atom is 0.324 e. The van der Waals surface area contributed by atoms with Crippen LogP contribution in [0, 0.1) is 17.0 Å². The Kier molecular flexibility index (Phi) is 4.93. The number of alkyl halides is 1. The van der Waals surface area contributed by atoms with E-state index >= 15 is 0 Å². The molecule has 1 aromatic rings. The molecule has 1 atom stereocenters. The van der Waals surface area contributed by atoms with E-state index in [1.165, 1.54) is 19.2 Å². The number of halogens is 2. The van der Waals surface area contributed by atoms with E-state index in [1.54, 1.807) is 6.92 Å². The summed E-state index contributed by atoms with van der Waals surface area (Å²) < 4.78 is 4.50. The highest BCUT2D eigenvalue weighted by Gasteiger charge is 2.20. The van der Waals surface area contributed by atoms with Crippen molar-refractivity contribution < 1.29 is 14.5 Å². The first-order valence-electron chi connectivity index (χ1n) is 5.02. The van der Waals surface area contributed by atoms with Crippen LogP contribution in [-0.2, 0) is 16.0 Å². The molecule has 0 saturated carbocycles. The van der Waals surface area contributed by atoms with Crippen LogP contribution in [0.15, 0.2) is 12.1 Å². The maximum absolute atomic E-state index is 11.2. The number of ether oxygens (including phenoxy) is 1. The number of esters is 1. The van der Waals surface area contributed by atoms with Crippen molar-refractivity contribution in [1.29, 1.82) is 0 Å². The lowest BCUT2D eigenvalue weighted by atomic mass is 10.0. The van der Waals surface area contributed by atoms with Crippen molar-refractivity contribution >= 4 is 34.9 Å². The molecule has 18 heavy (non-hydrogen) atoms. The molecule has 0 saturated heterocycles. The molecule has 0 radical (unpaired) electrons. The standard InChI is InChI=1S/C11H11Cl2NO4/c1-6-3-10(14(16)17)8(12)4-7(6)5-9(13)11(15)18-2/h3-4,9H,5H2,1-2H3. The van der Waals surface area contributed by atoms with Crippen molar-refractivity contribution in [2.24, 2.45) is 0 Å². The van der Waals surface area contributed by atoms with Gasteiger partial charge >= 0.3 is 5.97 Å². The zero-order chi connectivity index (χ0) is 13.9. The lowest BCUT2D eigenvalue weighted by Gasteiger charge is -2.10. The van der Waals surface area contributed by atoms with Crippen LogP contribution in [0.3, 0.4) is 0 Å². The molecule has 0 aliphatic heterocycles. The molecule has 1 aromatic carbocycles. The smallest absolute Gasteiger partial charge is 0.324 e. The summed E-state index contributed by atoms with van der Waals surface area (Å²) in [5, 5.41) is 9.86. The summed E-state index contributed by atoms with van der Waals surface area (Å²) in [6.07, 6.45) is 0.206. The molecule has 0 amide bonds. The highest BCUT2D eigenvalue weighted by Crippen LogP contribution is 2.28. The number of methoxy groups -OCH3 is 1. The Balaban J connectivity index is 3.02. The average Bonchev–Trinajstić information content (AvgIpc) is 2.31. The topological polar surface area (TPSA) is 69.4 Å². The van der Waals surface area contributed by atoms with Gasteiger partial charge < -0.3 is 4.74 Å². The quantitative estimate of drug-likeness (QED) is 0.370. The second-order valence-corrected chi connectivity index (χ2v) is 4.62. The minimum Gasteiger partial charge on any atom is -0.468 e. The van der Waals surface area contributed by atoms with Gasteiger partial charge in [0.1, 0.15) is 10.4 Å². The fraction of sp³-hybridized carbons (Fsp3) is 0.364. The summed E-state index contributed by atoms with van der Waals surface area (Å²) in [6, 6.07) is 2.81. The summed E-state index contributed by atoms with van der Waals surface area (Å²) in [7, 11) is 1.24. The fourth-order valence-corrected chi connectivity index (χ4v) is 1.98. The van der Waals surface area contributed by atoms with Crippen molar-refractivity contribution in [3.05, 3.63) is 38.4 Å². The number of hydrogen-bond donors (Lipinski definition) is 0. The molecule has 1 unspecified atom stereocenters. The Labute approximate surface area is 114 Å². The molecule has 0 N–H and O–H groups in total. The molecule has 0 fully saturated rings. The van der Waals surface area contributed by atoms with Crippen molar-refractivity contribution in [2.75, 3.05) is 7.11 Å². The normalized spacial score (nSPS) is 12.0. The van der Waals surface area contributed by atoms with Gasteiger partial charge in [-0.2, -0.15) is 0 Å². The Morgan fingerprint density at radius 1 is 1.56 bits per heavy atom. The van der Waals surface area contributed by atoms with Gasteiger partial charge in [-0.15, -0.1) is 11.6 Å². The Bertz CT molecular complexity index is 490. The third-order valence-electron chi connectivity index (χ3n) is 2.46. The van der Waals surface area contributed by atoms with Crippen molar-refractivity contribution in [2.45, 2.75) is 18.7 Å². The zero-order valence-electron chi connectivity index (χ0n) is 9.78. The molecular weight excluding hydrogens is 281 g/mol. The first-order valence-corrected chi connectivity index (χ1v) is 5.83. The largest absolute Gasteiger partial charge is 0.468 e. The van der Waals surface area contributed by atoms with Gasteiger partial charge in [0.25, 0.3) is 5.69 Å². The lowest BCUT2D eigenvalue weighted by Crippen LogP contribution is -2.19. The van der Waals surface area contributed by atoms with Crippen LogP contribution in [0.5, 0.6) is 0 Å². The van der Waals surface area contributed by atoms with E-state index < -0.39 is 16.3 Å². The third-order valence-corrected chi connectivity index (χ3v) is 3.09. The Morgan fingerprint density at radius 2 is 2.17 bits per heavy atom. The Morgan fingerprint density at radius 3 is 2.67 bits per heavy atom. The van der Waals surface area contributed by atoms with Crippen LogP contribution in [-0.4, -0.2) is 23.4 Å². The van der Waals surface area contributed by atoms with Gasteiger partial charge in [0.05, 0.1) is 12.0 Å². The second-order valence-electron chi connectivity index (χ2n) is 3.68. The molecule has 0 bridgehead atoms. The third kappa shape index (κ3) is 3.34.